The second kappa shape index (κ2) is 21.5. The first-order valence-electron chi connectivity index (χ1n) is 11.9. The van der Waals surface area contributed by atoms with E-state index in [0.29, 0.717) is 0 Å². The molecule has 1 aromatic rings. The number of unbranched alkanes of at least 4 members (excludes halogenated alkanes) is 5. The van der Waals surface area contributed by atoms with Crippen molar-refractivity contribution in [3.05, 3.63) is 35.4 Å². The normalized spacial score (nSPS) is 18.1. The van der Waals surface area contributed by atoms with Crippen LogP contribution < -0.4 is 0 Å². The summed E-state index contributed by atoms with van der Waals surface area (Å²) in [6, 6.07) is 8.48. The van der Waals surface area contributed by atoms with Crippen LogP contribution in [0.4, 0.5) is 0 Å². The highest BCUT2D eigenvalue weighted by Gasteiger charge is 2.13. The van der Waals surface area contributed by atoms with Crippen molar-refractivity contribution in [1.29, 1.82) is 0 Å². The van der Waals surface area contributed by atoms with Crippen LogP contribution in [-0.2, 0) is 0 Å². The van der Waals surface area contributed by atoms with Gasteiger partial charge in [-0.25, -0.2) is 0 Å². The first-order valence-corrected chi connectivity index (χ1v) is 11.9. The summed E-state index contributed by atoms with van der Waals surface area (Å²) in [5.41, 5.74) is 2.66. The Kier molecular flexibility index (Phi) is 22.7. The number of hydrogen-bond acceptors (Lipinski definition) is 0. The summed E-state index contributed by atoms with van der Waals surface area (Å²) >= 11 is 0. The fraction of sp³-hybridized carbons (Fsp3) is 0.778. The van der Waals surface area contributed by atoms with E-state index in [1.165, 1.54) is 81.8 Å². The van der Waals surface area contributed by atoms with Gasteiger partial charge in [0.2, 0.25) is 0 Å². The van der Waals surface area contributed by atoms with Crippen LogP contribution in [0.25, 0.3) is 0 Å². The Labute approximate surface area is 173 Å². The maximum atomic E-state index is 2.37. The van der Waals surface area contributed by atoms with Gasteiger partial charge in [0, 0.05) is 0 Å². The average Bonchev–Trinajstić information content (AvgIpc) is 2.67. The number of benzene rings is 1. The molecule has 0 radical (unpaired) electrons. The van der Waals surface area contributed by atoms with E-state index in [4.69, 9.17) is 0 Å². The Morgan fingerprint density at radius 1 is 0.556 bits per heavy atom. The molecule has 0 spiro atoms. The molecule has 0 nitrogen and oxygen atoms in total. The lowest BCUT2D eigenvalue weighted by Gasteiger charge is -2.22. The van der Waals surface area contributed by atoms with E-state index in [-0.39, 0.29) is 0 Å². The minimum Gasteiger partial charge on any atom is -0.0654 e. The molecule has 0 aromatic heterocycles. The third-order valence-electron chi connectivity index (χ3n) is 5.19. The van der Waals surface area contributed by atoms with E-state index < -0.39 is 0 Å². The van der Waals surface area contributed by atoms with Gasteiger partial charge in [-0.1, -0.05) is 148 Å². The number of rotatable bonds is 5. The van der Waals surface area contributed by atoms with Crippen LogP contribution in [0.3, 0.4) is 0 Å². The van der Waals surface area contributed by atoms with Crippen LogP contribution in [0.5, 0.6) is 0 Å². The summed E-state index contributed by atoms with van der Waals surface area (Å²) in [6.07, 6.45) is 15.5. The van der Waals surface area contributed by atoms with Crippen molar-refractivity contribution in [3.63, 3.8) is 0 Å². The predicted octanol–water partition coefficient (Wildman–Crippen LogP) is 9.92. The molecule has 160 valence electrons. The third-order valence-corrected chi connectivity index (χ3v) is 5.19. The van der Waals surface area contributed by atoms with E-state index in [2.05, 4.69) is 79.7 Å². The Morgan fingerprint density at radius 2 is 0.815 bits per heavy atom. The van der Waals surface area contributed by atoms with Gasteiger partial charge in [-0.3, -0.25) is 0 Å². The topological polar surface area (TPSA) is 0 Å². The summed E-state index contributed by atoms with van der Waals surface area (Å²) in [5.74, 6) is 2.04. The van der Waals surface area contributed by atoms with E-state index in [1.54, 1.807) is 0 Å². The molecule has 0 bridgehead atoms. The largest absolute Gasteiger partial charge is 0.0654 e. The monoisotopic (exact) mass is 376 g/mol. The van der Waals surface area contributed by atoms with Crippen LogP contribution in [0, 0.1) is 25.7 Å². The van der Waals surface area contributed by atoms with Crippen molar-refractivity contribution < 1.29 is 0 Å². The molecule has 27 heavy (non-hydrogen) atoms. The Hall–Kier alpha value is -0.780. The fourth-order valence-electron chi connectivity index (χ4n) is 2.92. The Bertz CT molecular complexity index is 331. The highest BCUT2D eigenvalue weighted by molar-refractivity contribution is 5.19. The second-order valence-electron chi connectivity index (χ2n) is 8.58. The Morgan fingerprint density at radius 3 is 1.00 bits per heavy atom. The average molecular weight is 377 g/mol. The van der Waals surface area contributed by atoms with Gasteiger partial charge in [0.25, 0.3) is 0 Å². The van der Waals surface area contributed by atoms with E-state index >= 15 is 0 Å². The maximum absolute atomic E-state index is 2.37. The van der Waals surface area contributed by atoms with Crippen molar-refractivity contribution in [2.24, 2.45) is 11.8 Å². The van der Waals surface area contributed by atoms with E-state index in [9.17, 15) is 0 Å². The van der Waals surface area contributed by atoms with Crippen LogP contribution in [0.15, 0.2) is 24.3 Å². The van der Waals surface area contributed by atoms with Crippen molar-refractivity contribution in [2.45, 2.75) is 126 Å². The molecule has 0 atom stereocenters. The summed E-state index contributed by atoms with van der Waals surface area (Å²) < 4.78 is 0. The van der Waals surface area contributed by atoms with Gasteiger partial charge in [0.1, 0.15) is 0 Å². The van der Waals surface area contributed by atoms with E-state index in [0.717, 1.165) is 11.8 Å². The smallest absolute Gasteiger partial charge is 0.0398 e. The van der Waals surface area contributed by atoms with Gasteiger partial charge < -0.3 is 0 Å². The summed E-state index contributed by atoms with van der Waals surface area (Å²) in [4.78, 5) is 0. The maximum Gasteiger partial charge on any atom is -0.0398 e. The molecule has 1 saturated carbocycles. The summed E-state index contributed by atoms with van der Waals surface area (Å²) in [6.45, 7) is 17.8. The molecular weight excluding hydrogens is 324 g/mol. The lowest BCUT2D eigenvalue weighted by atomic mass is 9.84. The molecular formula is C27H52. The zero-order valence-electron chi connectivity index (χ0n) is 20.2. The van der Waals surface area contributed by atoms with Gasteiger partial charge >= 0.3 is 0 Å². The molecule has 1 aromatic carbocycles. The molecule has 0 aliphatic heterocycles. The fourth-order valence-corrected chi connectivity index (χ4v) is 2.92. The molecule has 2 rings (SSSR count). The molecule has 1 aliphatic rings. The first kappa shape index (κ1) is 28.4. The zero-order valence-corrected chi connectivity index (χ0v) is 20.2. The minimum absolute atomic E-state index is 1.02. The highest BCUT2D eigenvalue weighted by atomic mass is 14.2. The second-order valence-corrected chi connectivity index (χ2v) is 8.58. The van der Waals surface area contributed by atoms with Gasteiger partial charge in [0.15, 0.2) is 0 Å². The third kappa shape index (κ3) is 23.2. The molecule has 0 unspecified atom stereocenters. The molecule has 0 N–H and O–H groups in total. The highest BCUT2D eigenvalue weighted by Crippen LogP contribution is 2.27. The first-order chi connectivity index (χ1) is 12.9. The predicted molar refractivity (Wildman–Crippen MR) is 128 cm³/mol. The van der Waals surface area contributed by atoms with Crippen LogP contribution >= 0.6 is 0 Å². The van der Waals surface area contributed by atoms with Crippen LogP contribution in [0.2, 0.25) is 0 Å². The molecule has 0 heteroatoms. The van der Waals surface area contributed by atoms with Crippen LogP contribution in [0.1, 0.15) is 123 Å². The van der Waals surface area contributed by atoms with Crippen molar-refractivity contribution in [2.75, 3.05) is 0 Å². The molecule has 1 fully saturated rings. The molecule has 0 heterocycles. The van der Waals surface area contributed by atoms with Gasteiger partial charge in [-0.2, -0.15) is 0 Å². The Balaban J connectivity index is 0. The molecule has 1 aliphatic carbocycles. The van der Waals surface area contributed by atoms with Crippen molar-refractivity contribution in [1.82, 2.24) is 0 Å². The summed E-state index contributed by atoms with van der Waals surface area (Å²) in [7, 11) is 0. The lowest BCUT2D eigenvalue weighted by molar-refractivity contribution is 0.308. The van der Waals surface area contributed by atoms with Gasteiger partial charge in [0.05, 0.1) is 0 Å². The van der Waals surface area contributed by atoms with Crippen molar-refractivity contribution in [3.8, 4) is 0 Å². The van der Waals surface area contributed by atoms with Crippen molar-refractivity contribution >= 4 is 0 Å². The van der Waals surface area contributed by atoms with E-state index in [1.807, 2.05) is 0 Å². The number of hydrogen-bond donors (Lipinski definition) is 0. The molecule has 0 saturated heterocycles. The lowest BCUT2D eigenvalue weighted by Crippen LogP contribution is -2.08. The van der Waals surface area contributed by atoms with Gasteiger partial charge in [-0.05, 0) is 25.7 Å². The van der Waals surface area contributed by atoms with Gasteiger partial charge in [-0.15, -0.1) is 0 Å². The quantitative estimate of drug-likeness (QED) is 0.448. The van der Waals surface area contributed by atoms with Crippen LogP contribution in [-0.4, -0.2) is 0 Å². The number of aryl methyl sites for hydroxylation is 2. The molecule has 0 amide bonds. The summed E-state index contributed by atoms with van der Waals surface area (Å²) in [5, 5.41) is 0. The zero-order chi connectivity index (χ0) is 20.9. The standard InChI is InChI=1S/C8H16.C8H10.C6H14.C5H12/c2*1-7-3-5-8(2)6-4-7;1-3-5-6-4-2;1-3-5-4-2/h7-8H,3-6H2,1-2H3;3-6H,1-2H3;3-6H2,1-2H3;3-5H2,1-2H3. The minimum atomic E-state index is 1.02. The SMILES string of the molecule is CC1CCC(C)CC1.CCCCC.CCCCCC.Cc1ccc(C)cc1.